The molecule has 20 heavy (non-hydrogen) atoms. The van der Waals surface area contributed by atoms with Gasteiger partial charge in [0.25, 0.3) is 5.91 Å². The van der Waals surface area contributed by atoms with Gasteiger partial charge < -0.3 is 15.0 Å². The molecule has 1 amide bonds. The first kappa shape index (κ1) is 14.9. The molecule has 0 aliphatic rings. The van der Waals surface area contributed by atoms with Crippen LogP contribution in [0.25, 0.3) is 0 Å². The predicted octanol–water partition coefficient (Wildman–Crippen LogP) is 3.11. The van der Waals surface area contributed by atoms with E-state index < -0.39 is 6.10 Å². The highest BCUT2D eigenvalue weighted by Crippen LogP contribution is 2.30. The van der Waals surface area contributed by atoms with Gasteiger partial charge in [0.15, 0.2) is 0 Å². The number of rotatable bonds is 3. The number of carbonyl (C=O) groups is 1. The Morgan fingerprint density at radius 1 is 1.30 bits per heavy atom. The van der Waals surface area contributed by atoms with Crippen molar-refractivity contribution in [1.82, 2.24) is 9.88 Å². The van der Waals surface area contributed by atoms with Crippen molar-refractivity contribution >= 4 is 29.1 Å². The lowest BCUT2D eigenvalue weighted by Gasteiger charge is -2.11. The fourth-order valence-electron chi connectivity index (χ4n) is 1.84. The van der Waals surface area contributed by atoms with Gasteiger partial charge in [-0.05, 0) is 18.2 Å². The maximum absolute atomic E-state index is 11.8. The number of aromatic nitrogens is 1. The number of aromatic amines is 1. The molecular formula is C14H14Cl2N2O2. The van der Waals surface area contributed by atoms with Crippen LogP contribution >= 0.6 is 23.2 Å². The molecule has 0 unspecified atom stereocenters. The molecule has 4 nitrogen and oxygen atoms in total. The van der Waals surface area contributed by atoms with Crippen LogP contribution in [-0.4, -0.2) is 35.0 Å². The highest BCUT2D eigenvalue weighted by atomic mass is 35.5. The summed E-state index contributed by atoms with van der Waals surface area (Å²) in [5.74, 6) is -0.161. The zero-order valence-electron chi connectivity index (χ0n) is 11.0. The summed E-state index contributed by atoms with van der Waals surface area (Å²) in [6.45, 7) is 0. The number of halogens is 2. The summed E-state index contributed by atoms with van der Waals surface area (Å²) in [5.41, 5.74) is 1.52. The van der Waals surface area contributed by atoms with Crippen LogP contribution < -0.4 is 0 Å². The number of nitrogens with one attached hydrogen (secondary N) is 1. The monoisotopic (exact) mass is 312 g/mol. The average Bonchev–Trinajstić information content (AvgIpc) is 2.86. The van der Waals surface area contributed by atoms with E-state index in [2.05, 4.69) is 4.98 Å². The molecule has 1 aromatic heterocycles. The highest BCUT2D eigenvalue weighted by Gasteiger charge is 2.18. The third kappa shape index (κ3) is 2.98. The smallest absolute Gasteiger partial charge is 0.269 e. The molecule has 0 fully saturated rings. The van der Waals surface area contributed by atoms with E-state index in [0.29, 0.717) is 26.9 Å². The summed E-state index contributed by atoms with van der Waals surface area (Å²) in [6.07, 6.45) is 0.673. The van der Waals surface area contributed by atoms with E-state index in [-0.39, 0.29) is 5.91 Å². The first-order valence-corrected chi connectivity index (χ1v) is 6.68. The summed E-state index contributed by atoms with van der Waals surface area (Å²) in [5, 5.41) is 11.2. The normalized spacial score (nSPS) is 12.2. The number of nitrogens with zero attached hydrogens (tertiary/aromatic N) is 1. The number of hydrogen-bond acceptors (Lipinski definition) is 2. The Hall–Kier alpha value is -1.49. The Labute approximate surface area is 126 Å². The van der Waals surface area contributed by atoms with Gasteiger partial charge in [-0.25, -0.2) is 0 Å². The standard InChI is InChI=1S/C14H14Cl2N2O2/c1-18(2)14(20)12-5-8(7-17-12)13(19)10-4-3-9(15)6-11(10)16/h3-7,13,17,19H,1-2H3/t13-/m1/s1. The van der Waals surface area contributed by atoms with E-state index in [1.54, 1.807) is 44.6 Å². The number of amides is 1. The van der Waals surface area contributed by atoms with Crippen LogP contribution in [0.3, 0.4) is 0 Å². The number of aliphatic hydroxyl groups is 1. The van der Waals surface area contributed by atoms with Gasteiger partial charge in [0, 0.05) is 41.5 Å². The second kappa shape index (κ2) is 5.87. The third-order valence-electron chi connectivity index (χ3n) is 2.91. The average molecular weight is 313 g/mol. The van der Waals surface area contributed by atoms with Crippen molar-refractivity contribution in [2.45, 2.75) is 6.10 Å². The first-order valence-electron chi connectivity index (χ1n) is 5.93. The molecule has 1 aromatic carbocycles. The van der Waals surface area contributed by atoms with E-state index in [1.165, 1.54) is 4.90 Å². The second-order valence-electron chi connectivity index (χ2n) is 4.61. The van der Waals surface area contributed by atoms with Gasteiger partial charge in [-0.3, -0.25) is 4.79 Å². The summed E-state index contributed by atoms with van der Waals surface area (Å²) in [7, 11) is 3.32. The van der Waals surface area contributed by atoms with E-state index >= 15 is 0 Å². The maximum Gasteiger partial charge on any atom is 0.269 e. The fraction of sp³-hybridized carbons (Fsp3) is 0.214. The minimum atomic E-state index is -0.917. The highest BCUT2D eigenvalue weighted by molar-refractivity contribution is 6.35. The lowest BCUT2D eigenvalue weighted by molar-refractivity contribution is 0.0822. The number of H-pyrrole nitrogens is 1. The van der Waals surface area contributed by atoms with Crippen molar-refractivity contribution in [3.63, 3.8) is 0 Å². The van der Waals surface area contributed by atoms with Crippen molar-refractivity contribution in [1.29, 1.82) is 0 Å². The van der Waals surface area contributed by atoms with E-state index in [1.807, 2.05) is 0 Å². The first-order chi connectivity index (χ1) is 9.40. The number of hydrogen-bond donors (Lipinski definition) is 2. The zero-order chi connectivity index (χ0) is 14.9. The van der Waals surface area contributed by atoms with Gasteiger partial charge in [-0.15, -0.1) is 0 Å². The maximum atomic E-state index is 11.8. The topological polar surface area (TPSA) is 56.3 Å². The molecule has 0 spiro atoms. The Morgan fingerprint density at radius 2 is 2.00 bits per heavy atom. The molecule has 6 heteroatoms. The van der Waals surface area contributed by atoms with Crippen molar-refractivity contribution in [2.24, 2.45) is 0 Å². The van der Waals surface area contributed by atoms with Crippen molar-refractivity contribution in [2.75, 3.05) is 14.1 Å². The molecule has 2 rings (SSSR count). The van der Waals surface area contributed by atoms with Gasteiger partial charge in [-0.2, -0.15) is 0 Å². The fourth-order valence-corrected chi connectivity index (χ4v) is 2.35. The van der Waals surface area contributed by atoms with Crippen LogP contribution in [0.15, 0.2) is 30.5 Å². The van der Waals surface area contributed by atoms with Crippen LogP contribution in [0.5, 0.6) is 0 Å². The van der Waals surface area contributed by atoms with Crippen LogP contribution in [0.2, 0.25) is 10.0 Å². The van der Waals surface area contributed by atoms with E-state index in [4.69, 9.17) is 23.2 Å². The lowest BCUT2D eigenvalue weighted by atomic mass is 10.0. The number of carbonyl (C=O) groups excluding carboxylic acids is 1. The minimum absolute atomic E-state index is 0.161. The molecule has 1 atom stereocenters. The molecule has 0 aliphatic carbocycles. The van der Waals surface area contributed by atoms with Crippen LogP contribution in [0.4, 0.5) is 0 Å². The summed E-state index contributed by atoms with van der Waals surface area (Å²) in [6, 6.07) is 6.50. The number of benzene rings is 1. The van der Waals surface area contributed by atoms with Crippen molar-refractivity contribution < 1.29 is 9.90 Å². The molecule has 0 radical (unpaired) electrons. The molecule has 106 valence electrons. The van der Waals surface area contributed by atoms with Gasteiger partial charge in [0.1, 0.15) is 11.8 Å². The van der Waals surface area contributed by atoms with Gasteiger partial charge in [0.2, 0.25) is 0 Å². The Kier molecular flexibility index (Phi) is 4.38. The predicted molar refractivity (Wildman–Crippen MR) is 79.3 cm³/mol. The Morgan fingerprint density at radius 3 is 2.60 bits per heavy atom. The van der Waals surface area contributed by atoms with Crippen LogP contribution in [0.1, 0.15) is 27.7 Å². The summed E-state index contributed by atoms with van der Waals surface area (Å²) >= 11 is 11.9. The molecule has 1 heterocycles. The van der Waals surface area contributed by atoms with Gasteiger partial charge >= 0.3 is 0 Å². The summed E-state index contributed by atoms with van der Waals surface area (Å²) in [4.78, 5) is 16.1. The quantitative estimate of drug-likeness (QED) is 0.915. The van der Waals surface area contributed by atoms with Gasteiger partial charge in [-0.1, -0.05) is 29.3 Å². The summed E-state index contributed by atoms with van der Waals surface area (Å²) < 4.78 is 0. The minimum Gasteiger partial charge on any atom is -0.384 e. The lowest BCUT2D eigenvalue weighted by Crippen LogP contribution is -2.21. The number of aliphatic hydroxyl groups excluding tert-OH is 1. The second-order valence-corrected chi connectivity index (χ2v) is 5.46. The van der Waals surface area contributed by atoms with Crippen LogP contribution in [-0.2, 0) is 0 Å². The molecule has 0 aliphatic heterocycles. The van der Waals surface area contributed by atoms with Crippen LogP contribution in [0, 0.1) is 0 Å². The Balaban J connectivity index is 2.30. The molecule has 0 bridgehead atoms. The molecular weight excluding hydrogens is 299 g/mol. The Bertz CT molecular complexity index is 638. The molecule has 0 saturated carbocycles. The third-order valence-corrected chi connectivity index (χ3v) is 3.48. The van der Waals surface area contributed by atoms with Gasteiger partial charge in [0.05, 0.1) is 0 Å². The van der Waals surface area contributed by atoms with Crippen molar-refractivity contribution in [3.05, 3.63) is 57.3 Å². The van der Waals surface area contributed by atoms with E-state index in [9.17, 15) is 9.90 Å². The SMILES string of the molecule is CN(C)C(=O)c1cc([C@@H](O)c2ccc(Cl)cc2Cl)c[nH]1. The molecule has 0 saturated heterocycles. The molecule has 2 aromatic rings. The largest absolute Gasteiger partial charge is 0.384 e. The van der Waals surface area contributed by atoms with E-state index in [0.717, 1.165) is 0 Å². The van der Waals surface area contributed by atoms with Crippen molar-refractivity contribution in [3.8, 4) is 0 Å². The zero-order valence-corrected chi connectivity index (χ0v) is 12.5. The molecule has 2 N–H and O–H groups in total.